The van der Waals surface area contributed by atoms with E-state index in [1.54, 1.807) is 35.7 Å². The molecule has 6 aromatic rings. The third-order valence-corrected chi connectivity index (χ3v) is 10.6. The summed E-state index contributed by atoms with van der Waals surface area (Å²) in [5.74, 6) is 2.43. The number of hydrogen-bond donors (Lipinski definition) is 0. The van der Waals surface area contributed by atoms with Crippen molar-refractivity contribution in [3.05, 3.63) is 147 Å². The van der Waals surface area contributed by atoms with E-state index in [0.29, 0.717) is 48.7 Å². The number of amides is 1. The number of carbonyl (C=O) groups is 1. The third kappa shape index (κ3) is 9.85. The summed E-state index contributed by atoms with van der Waals surface area (Å²) in [6.45, 7) is 10.9. The Bertz CT molecular complexity index is 2210. The molecule has 0 saturated carbocycles. The summed E-state index contributed by atoms with van der Waals surface area (Å²) in [6.07, 6.45) is 5.91. The fourth-order valence-electron chi connectivity index (χ4n) is 6.32. The Hall–Kier alpha value is -5.22. The zero-order chi connectivity index (χ0) is 37.4. The Balaban J connectivity index is 0.836. The van der Waals surface area contributed by atoms with E-state index in [1.807, 2.05) is 49.1 Å². The van der Waals surface area contributed by atoms with Crippen LogP contribution in [0, 0.1) is 20.8 Å². The topological polar surface area (TPSA) is 77.0 Å². The van der Waals surface area contributed by atoms with Gasteiger partial charge in [-0.2, -0.15) is 0 Å². The molecule has 0 N–H and O–H groups in total. The minimum absolute atomic E-state index is 0.00849. The maximum atomic E-state index is 13.1. The van der Waals surface area contributed by atoms with Gasteiger partial charge in [0.15, 0.2) is 5.75 Å². The summed E-state index contributed by atoms with van der Waals surface area (Å²) in [4.78, 5) is 26.3. The van der Waals surface area contributed by atoms with Crippen molar-refractivity contribution in [3.63, 3.8) is 0 Å². The molecule has 0 radical (unpaired) electrons. The van der Waals surface area contributed by atoms with E-state index in [0.717, 1.165) is 59.0 Å². The number of pyridine rings is 1. The van der Waals surface area contributed by atoms with E-state index < -0.39 is 0 Å². The van der Waals surface area contributed by atoms with E-state index in [-0.39, 0.29) is 5.91 Å². The molecular weight excluding hydrogens is 716 g/mol. The van der Waals surface area contributed by atoms with Gasteiger partial charge in [-0.05, 0) is 85.0 Å². The SMILES string of the molecule is Cc1ccc(COc2ccc(Oc3c(C)cc(/C=C/C(=O)N4CCN(Cc5ccc(CCOc6ccc7sc(C)nc7c6)cc5)CC4)cc3Cl)nc2)cc1. The number of carbonyl (C=O) groups excluding carboxylic acids is 1. The van der Waals surface area contributed by atoms with E-state index in [4.69, 9.17) is 25.8 Å². The summed E-state index contributed by atoms with van der Waals surface area (Å²) < 4.78 is 19.1. The molecule has 0 aliphatic carbocycles. The number of benzene rings is 4. The first kappa shape index (κ1) is 37.1. The minimum atomic E-state index is -0.00849. The van der Waals surface area contributed by atoms with Gasteiger partial charge >= 0.3 is 0 Å². The van der Waals surface area contributed by atoms with Crippen LogP contribution in [0.15, 0.2) is 103 Å². The molecule has 4 aromatic carbocycles. The lowest BCUT2D eigenvalue weighted by atomic mass is 10.1. The number of hydrogen-bond acceptors (Lipinski definition) is 8. The van der Waals surface area contributed by atoms with Gasteiger partial charge in [-0.25, -0.2) is 9.97 Å². The molecule has 0 bridgehead atoms. The fraction of sp³-hybridized carbons (Fsp3) is 0.250. The van der Waals surface area contributed by atoms with Crippen molar-refractivity contribution in [2.75, 3.05) is 32.8 Å². The van der Waals surface area contributed by atoms with E-state index in [9.17, 15) is 4.79 Å². The normalized spacial score (nSPS) is 13.4. The van der Waals surface area contributed by atoms with Crippen molar-refractivity contribution in [2.24, 2.45) is 0 Å². The van der Waals surface area contributed by atoms with Crippen LogP contribution in [0.5, 0.6) is 23.1 Å². The highest BCUT2D eigenvalue weighted by Crippen LogP contribution is 2.34. The molecule has 8 nitrogen and oxygen atoms in total. The molecule has 7 rings (SSSR count). The number of aryl methyl sites for hydroxylation is 3. The number of aromatic nitrogens is 2. The van der Waals surface area contributed by atoms with Gasteiger partial charge < -0.3 is 19.1 Å². The maximum Gasteiger partial charge on any atom is 0.246 e. The van der Waals surface area contributed by atoms with Crippen LogP contribution in [-0.2, 0) is 24.4 Å². The first-order chi connectivity index (χ1) is 26.2. The van der Waals surface area contributed by atoms with Crippen LogP contribution in [0.25, 0.3) is 16.3 Å². The maximum absolute atomic E-state index is 13.1. The Kier molecular flexibility index (Phi) is 11.9. The molecule has 0 atom stereocenters. The minimum Gasteiger partial charge on any atom is -0.493 e. The van der Waals surface area contributed by atoms with Crippen molar-refractivity contribution >= 4 is 45.1 Å². The van der Waals surface area contributed by atoms with E-state index in [2.05, 4.69) is 76.4 Å². The summed E-state index contributed by atoms with van der Waals surface area (Å²) >= 11 is 8.34. The molecule has 1 aliphatic rings. The van der Waals surface area contributed by atoms with Crippen LogP contribution < -0.4 is 14.2 Å². The lowest BCUT2D eigenvalue weighted by Gasteiger charge is -2.34. The van der Waals surface area contributed by atoms with Crippen LogP contribution in [-0.4, -0.2) is 58.5 Å². The lowest BCUT2D eigenvalue weighted by Crippen LogP contribution is -2.47. The number of fused-ring (bicyclic) bond motifs is 1. The summed E-state index contributed by atoms with van der Waals surface area (Å²) in [7, 11) is 0. The molecule has 3 heterocycles. The average molecular weight is 759 g/mol. The number of rotatable bonds is 13. The molecule has 2 aromatic heterocycles. The third-order valence-electron chi connectivity index (χ3n) is 9.35. The fourth-order valence-corrected chi connectivity index (χ4v) is 7.44. The van der Waals surface area contributed by atoms with Gasteiger partial charge in [0.05, 0.1) is 33.1 Å². The van der Waals surface area contributed by atoms with Gasteiger partial charge in [0, 0.05) is 57.4 Å². The molecule has 10 heteroatoms. The highest BCUT2D eigenvalue weighted by molar-refractivity contribution is 7.18. The van der Waals surface area contributed by atoms with Gasteiger partial charge in [-0.1, -0.05) is 65.7 Å². The predicted molar refractivity (Wildman–Crippen MR) is 217 cm³/mol. The Labute approximate surface area is 325 Å². The van der Waals surface area contributed by atoms with Crippen LogP contribution in [0.2, 0.25) is 5.02 Å². The quantitative estimate of drug-likeness (QED) is 0.109. The van der Waals surface area contributed by atoms with Crippen molar-refractivity contribution in [1.82, 2.24) is 19.8 Å². The first-order valence-corrected chi connectivity index (χ1v) is 19.3. The largest absolute Gasteiger partial charge is 0.493 e. The Morgan fingerprint density at radius 3 is 2.31 bits per heavy atom. The van der Waals surface area contributed by atoms with Crippen molar-refractivity contribution < 1.29 is 19.0 Å². The van der Waals surface area contributed by atoms with Crippen molar-refractivity contribution in [2.45, 2.75) is 40.3 Å². The summed E-state index contributed by atoms with van der Waals surface area (Å²) in [6, 6.07) is 30.4. The molecule has 276 valence electrons. The smallest absolute Gasteiger partial charge is 0.246 e. The van der Waals surface area contributed by atoms with Crippen LogP contribution in [0.1, 0.15) is 38.4 Å². The number of piperazine rings is 1. The van der Waals surface area contributed by atoms with E-state index >= 15 is 0 Å². The Morgan fingerprint density at radius 1 is 0.833 bits per heavy atom. The zero-order valence-corrected chi connectivity index (χ0v) is 32.3. The highest BCUT2D eigenvalue weighted by atomic mass is 35.5. The molecule has 54 heavy (non-hydrogen) atoms. The van der Waals surface area contributed by atoms with Crippen LogP contribution in [0.4, 0.5) is 0 Å². The zero-order valence-electron chi connectivity index (χ0n) is 30.8. The highest BCUT2D eigenvalue weighted by Gasteiger charge is 2.20. The molecule has 1 saturated heterocycles. The monoisotopic (exact) mass is 758 g/mol. The molecule has 1 amide bonds. The first-order valence-electron chi connectivity index (χ1n) is 18.1. The van der Waals surface area contributed by atoms with Gasteiger partial charge in [-0.3, -0.25) is 9.69 Å². The number of ether oxygens (including phenoxy) is 3. The number of nitrogens with zero attached hydrogens (tertiary/aromatic N) is 4. The van der Waals surface area contributed by atoms with Crippen molar-refractivity contribution in [1.29, 1.82) is 0 Å². The molecular formula is C44H43ClN4O4S. The van der Waals surface area contributed by atoms with Gasteiger partial charge in [0.1, 0.15) is 18.1 Å². The summed E-state index contributed by atoms with van der Waals surface area (Å²) in [5, 5.41) is 1.51. The summed E-state index contributed by atoms with van der Waals surface area (Å²) in [5.41, 5.74) is 7.46. The second kappa shape index (κ2) is 17.3. The van der Waals surface area contributed by atoms with Gasteiger partial charge in [0.25, 0.3) is 0 Å². The van der Waals surface area contributed by atoms with Crippen molar-refractivity contribution in [3.8, 4) is 23.1 Å². The second-order valence-electron chi connectivity index (χ2n) is 13.6. The molecule has 1 fully saturated rings. The Morgan fingerprint density at radius 2 is 1.57 bits per heavy atom. The molecule has 0 spiro atoms. The van der Waals surface area contributed by atoms with Gasteiger partial charge in [-0.15, -0.1) is 11.3 Å². The lowest BCUT2D eigenvalue weighted by molar-refractivity contribution is -0.127. The van der Waals surface area contributed by atoms with Crippen LogP contribution in [0.3, 0.4) is 0 Å². The predicted octanol–water partition coefficient (Wildman–Crippen LogP) is 9.62. The number of halogens is 1. The second-order valence-corrected chi connectivity index (χ2v) is 15.2. The number of thiazole rings is 1. The average Bonchev–Trinajstić information content (AvgIpc) is 3.56. The molecule has 0 unspecified atom stereocenters. The molecule has 1 aliphatic heterocycles. The standard InChI is InChI=1S/C44H43ClN4O4S/c1-30-4-6-35(7-5-30)29-52-38-14-16-42(46-27-38)53-44-31(2)24-36(25-39(44)45)12-17-43(50)49-21-19-48(20-22-49)28-34-10-8-33(9-11-34)18-23-51-37-13-15-41-40(26-37)47-32(3)54-41/h4-17,24-27H,18-23,28-29H2,1-3H3/b17-12+. The van der Waals surface area contributed by atoms with Crippen LogP contribution >= 0.6 is 22.9 Å². The van der Waals surface area contributed by atoms with Gasteiger partial charge in [0.2, 0.25) is 11.8 Å². The van der Waals surface area contributed by atoms with E-state index in [1.165, 1.54) is 21.4 Å².